The summed E-state index contributed by atoms with van der Waals surface area (Å²) in [7, 11) is 0. The number of rotatable bonds is 8. The van der Waals surface area contributed by atoms with Gasteiger partial charge in [0.15, 0.2) is 5.76 Å². The molecule has 0 radical (unpaired) electrons. The molecule has 0 saturated heterocycles. The first-order chi connectivity index (χ1) is 18.0. The molecule has 0 aliphatic heterocycles. The molecular weight excluding hydrogens is 470 g/mol. The summed E-state index contributed by atoms with van der Waals surface area (Å²) in [5, 5.41) is 15.6. The monoisotopic (exact) mass is 499 g/mol. The number of nitrogens with zero attached hydrogens (tertiary/aromatic N) is 6. The van der Waals surface area contributed by atoms with Gasteiger partial charge in [0.1, 0.15) is 18.3 Å². The van der Waals surface area contributed by atoms with Crippen LogP contribution in [0.5, 0.6) is 0 Å². The average Bonchev–Trinajstić information content (AvgIpc) is 3.66. The van der Waals surface area contributed by atoms with Gasteiger partial charge < -0.3 is 9.73 Å². The van der Waals surface area contributed by atoms with Gasteiger partial charge in [-0.15, -0.1) is 10.2 Å². The molecule has 1 aromatic carbocycles. The summed E-state index contributed by atoms with van der Waals surface area (Å²) in [5.41, 5.74) is 2.31. The Morgan fingerprint density at radius 1 is 1.05 bits per heavy atom. The zero-order chi connectivity index (χ0) is 25.8. The third-order valence-electron chi connectivity index (χ3n) is 6.50. The number of pyridine rings is 1. The van der Waals surface area contributed by atoms with E-state index in [-0.39, 0.29) is 30.2 Å². The summed E-state index contributed by atoms with van der Waals surface area (Å²) in [6.07, 6.45) is 7.29. The maximum absolute atomic E-state index is 13.9. The van der Waals surface area contributed by atoms with Crippen LogP contribution in [0, 0.1) is 13.8 Å². The van der Waals surface area contributed by atoms with Crippen LogP contribution in [-0.4, -0.2) is 43.0 Å². The summed E-state index contributed by atoms with van der Waals surface area (Å²) in [6.45, 7) is 3.59. The molecule has 2 amide bonds. The Morgan fingerprint density at radius 3 is 2.46 bits per heavy atom. The second kappa shape index (κ2) is 10.7. The van der Waals surface area contributed by atoms with Gasteiger partial charge in [0.25, 0.3) is 5.91 Å². The van der Waals surface area contributed by atoms with Crippen molar-refractivity contribution in [3.8, 4) is 11.6 Å². The van der Waals surface area contributed by atoms with E-state index in [0.29, 0.717) is 17.0 Å². The van der Waals surface area contributed by atoms with E-state index >= 15 is 0 Å². The molecule has 4 aromatic rings. The summed E-state index contributed by atoms with van der Waals surface area (Å²) in [4.78, 5) is 34.5. The van der Waals surface area contributed by atoms with Crippen molar-refractivity contribution in [2.24, 2.45) is 0 Å². The van der Waals surface area contributed by atoms with Crippen LogP contribution in [0.1, 0.15) is 48.6 Å². The minimum Gasteiger partial charge on any atom is -0.458 e. The smallest absolute Gasteiger partial charge is 0.251 e. The summed E-state index contributed by atoms with van der Waals surface area (Å²) in [6, 6.07) is 13.8. The van der Waals surface area contributed by atoms with Crippen molar-refractivity contribution in [1.29, 1.82) is 0 Å². The highest BCUT2D eigenvalue weighted by Gasteiger charge is 2.34. The molecule has 0 spiro atoms. The molecule has 37 heavy (non-hydrogen) atoms. The third kappa shape index (κ3) is 5.58. The first kappa shape index (κ1) is 24.4. The van der Waals surface area contributed by atoms with Gasteiger partial charge in [-0.2, -0.15) is 4.80 Å². The highest BCUT2D eigenvalue weighted by atomic mass is 16.3. The Hall–Kier alpha value is -4.34. The number of amides is 2. The predicted molar refractivity (Wildman–Crippen MR) is 136 cm³/mol. The number of carbonyl (C=O) groups excluding carboxylic acids is 2. The number of hydrogen-bond acceptors (Lipinski definition) is 7. The number of anilines is 1. The molecule has 1 N–H and O–H groups in total. The number of hydrogen-bond donors (Lipinski definition) is 1. The van der Waals surface area contributed by atoms with Crippen LogP contribution < -0.4 is 10.2 Å². The lowest BCUT2D eigenvalue weighted by atomic mass is 10.0. The Bertz CT molecular complexity index is 1360. The standard InChI is InChI=1S/C27H29N7O3/c1-18-7-10-22(11-8-18)34(24(35)17-33-31-26(30-32-33)23-12-9-19(2)37-23)25(20-13-15-28-16-14-20)27(36)29-21-5-3-4-6-21/h7-16,21,25H,3-6,17H2,1-2H3,(H,29,36)/t25-/m1/s1. The predicted octanol–water partition coefficient (Wildman–Crippen LogP) is 3.78. The molecular formula is C27H29N7O3. The number of furan rings is 1. The maximum Gasteiger partial charge on any atom is 0.251 e. The van der Waals surface area contributed by atoms with Gasteiger partial charge in [0.2, 0.25) is 11.7 Å². The van der Waals surface area contributed by atoms with E-state index in [4.69, 9.17) is 4.42 Å². The van der Waals surface area contributed by atoms with E-state index in [1.807, 2.05) is 44.2 Å². The van der Waals surface area contributed by atoms with Crippen LogP contribution in [0.25, 0.3) is 11.6 Å². The highest BCUT2D eigenvalue weighted by molar-refractivity contribution is 6.01. The minimum atomic E-state index is -0.894. The fourth-order valence-corrected chi connectivity index (χ4v) is 4.62. The number of aromatic nitrogens is 5. The molecule has 1 atom stereocenters. The molecule has 3 heterocycles. The van der Waals surface area contributed by atoms with Gasteiger partial charge in [-0.3, -0.25) is 19.5 Å². The number of aryl methyl sites for hydroxylation is 2. The molecule has 10 heteroatoms. The van der Waals surface area contributed by atoms with Crippen LogP contribution in [0.3, 0.4) is 0 Å². The Kier molecular flexibility index (Phi) is 7.07. The van der Waals surface area contributed by atoms with E-state index in [2.05, 4.69) is 25.7 Å². The van der Waals surface area contributed by atoms with Gasteiger partial charge in [0.05, 0.1) is 0 Å². The zero-order valence-corrected chi connectivity index (χ0v) is 20.9. The first-order valence-electron chi connectivity index (χ1n) is 12.4. The van der Waals surface area contributed by atoms with Crippen molar-refractivity contribution in [3.63, 3.8) is 0 Å². The second-order valence-corrected chi connectivity index (χ2v) is 9.33. The number of benzene rings is 1. The molecule has 10 nitrogen and oxygen atoms in total. The van der Waals surface area contributed by atoms with Gasteiger partial charge in [-0.25, -0.2) is 0 Å². The average molecular weight is 500 g/mol. The van der Waals surface area contributed by atoms with Crippen LogP contribution >= 0.6 is 0 Å². The SMILES string of the molecule is Cc1ccc(N(C(=O)Cn2nnc(-c3ccc(C)o3)n2)[C@@H](C(=O)NC2CCCC2)c2ccncc2)cc1. The van der Waals surface area contributed by atoms with Gasteiger partial charge >= 0.3 is 0 Å². The molecule has 1 aliphatic carbocycles. The highest BCUT2D eigenvalue weighted by Crippen LogP contribution is 2.30. The lowest BCUT2D eigenvalue weighted by molar-refractivity contribution is -0.127. The Morgan fingerprint density at radius 2 is 1.78 bits per heavy atom. The number of nitrogens with one attached hydrogen (secondary N) is 1. The number of tetrazole rings is 1. The summed E-state index contributed by atoms with van der Waals surface area (Å²) < 4.78 is 5.57. The molecule has 3 aromatic heterocycles. The van der Waals surface area contributed by atoms with Crippen LogP contribution in [0.2, 0.25) is 0 Å². The van der Waals surface area contributed by atoms with E-state index < -0.39 is 6.04 Å². The summed E-state index contributed by atoms with van der Waals surface area (Å²) >= 11 is 0. The molecule has 1 saturated carbocycles. The Balaban J connectivity index is 1.49. The van der Waals surface area contributed by atoms with Gasteiger partial charge in [0, 0.05) is 24.1 Å². The normalized spacial score (nSPS) is 14.4. The number of carbonyl (C=O) groups is 2. The van der Waals surface area contributed by atoms with Crippen LogP contribution in [0.4, 0.5) is 5.69 Å². The minimum absolute atomic E-state index is 0.100. The largest absolute Gasteiger partial charge is 0.458 e. The summed E-state index contributed by atoms with van der Waals surface area (Å²) in [5.74, 6) is 0.892. The maximum atomic E-state index is 13.9. The van der Waals surface area contributed by atoms with Crippen molar-refractivity contribution in [2.75, 3.05) is 4.90 Å². The Labute approximate surface area is 214 Å². The van der Waals surface area contributed by atoms with Gasteiger partial charge in [-0.05, 0) is 73.9 Å². The lowest BCUT2D eigenvalue weighted by Crippen LogP contribution is -2.47. The molecule has 1 fully saturated rings. The molecule has 0 unspecified atom stereocenters. The van der Waals surface area contributed by atoms with Gasteiger partial charge in [-0.1, -0.05) is 30.5 Å². The quantitative estimate of drug-likeness (QED) is 0.392. The van der Waals surface area contributed by atoms with Crippen molar-refractivity contribution in [2.45, 2.75) is 58.2 Å². The van der Waals surface area contributed by atoms with Crippen molar-refractivity contribution in [3.05, 3.63) is 77.8 Å². The van der Waals surface area contributed by atoms with E-state index in [9.17, 15) is 9.59 Å². The lowest BCUT2D eigenvalue weighted by Gasteiger charge is -2.32. The third-order valence-corrected chi connectivity index (χ3v) is 6.50. The molecule has 0 bridgehead atoms. The van der Waals surface area contributed by atoms with E-state index in [1.54, 1.807) is 30.6 Å². The molecule has 190 valence electrons. The zero-order valence-electron chi connectivity index (χ0n) is 20.9. The van der Waals surface area contributed by atoms with E-state index in [1.165, 1.54) is 9.70 Å². The fourth-order valence-electron chi connectivity index (χ4n) is 4.62. The van der Waals surface area contributed by atoms with E-state index in [0.717, 1.165) is 37.0 Å². The van der Waals surface area contributed by atoms with Crippen LogP contribution in [0.15, 0.2) is 65.3 Å². The topological polar surface area (TPSA) is 119 Å². The molecule has 1 aliphatic rings. The van der Waals surface area contributed by atoms with Crippen LogP contribution in [-0.2, 0) is 16.1 Å². The first-order valence-corrected chi connectivity index (χ1v) is 12.4. The fraction of sp³-hybridized carbons (Fsp3) is 0.333. The van der Waals surface area contributed by atoms with Crippen molar-refractivity contribution in [1.82, 2.24) is 30.5 Å². The molecule has 5 rings (SSSR count). The van der Waals surface area contributed by atoms with Crippen molar-refractivity contribution >= 4 is 17.5 Å². The van der Waals surface area contributed by atoms with Crippen molar-refractivity contribution < 1.29 is 14.0 Å². The second-order valence-electron chi connectivity index (χ2n) is 9.33.